The molecule has 14 aromatic carbocycles. The fraction of sp³-hybridized carbons (Fsp3) is 0.0116. The highest BCUT2D eigenvalue weighted by Crippen LogP contribution is 2.42. The number of nitrogens with zero attached hydrogens (tertiary/aromatic N) is 6. The Morgan fingerprint density at radius 3 is 0.989 bits per heavy atom. The predicted octanol–water partition coefficient (Wildman–Crippen LogP) is 20.6. The van der Waals surface area contributed by atoms with Gasteiger partial charge in [-0.3, -0.25) is 0 Å². The molecule has 1 aliphatic heterocycles. The first kappa shape index (κ1) is 50.7. The van der Waals surface area contributed by atoms with Crippen LogP contribution in [-0.4, -0.2) is 31.0 Å². The third-order valence-corrected chi connectivity index (χ3v) is 19.8. The quantitative estimate of drug-likeness (QED) is 0.152. The van der Waals surface area contributed by atoms with Gasteiger partial charge in [-0.15, -0.1) is 0 Å². The lowest BCUT2D eigenvalue weighted by atomic mass is 9.99. The van der Waals surface area contributed by atoms with Crippen LogP contribution in [0.1, 0.15) is 0 Å². The van der Waals surface area contributed by atoms with Crippen LogP contribution in [0.3, 0.4) is 0 Å². The van der Waals surface area contributed by atoms with Crippen molar-refractivity contribution in [2.45, 2.75) is 0 Å². The molecule has 0 fully saturated rings. The van der Waals surface area contributed by atoms with Crippen LogP contribution in [0.15, 0.2) is 315 Å². The molecule has 0 N–H and O–H groups in total. The minimum Gasteiger partial charge on any atom is -0.326 e. The second-order valence-corrected chi connectivity index (χ2v) is 24.6. The zero-order valence-corrected chi connectivity index (χ0v) is 50.0. The number of rotatable bonds is 6. The van der Waals surface area contributed by atoms with Crippen LogP contribution in [0.5, 0.6) is 0 Å². The normalized spacial score (nSPS) is 12.8. The summed E-state index contributed by atoms with van der Waals surface area (Å²) in [6, 6.07) is 117. The number of hydrogen-bond acceptors (Lipinski definition) is 1. The summed E-state index contributed by atoms with van der Waals surface area (Å²) in [5.74, 6) is 0. The van der Waals surface area contributed by atoms with Gasteiger partial charge in [0.05, 0.1) is 44.1 Å². The summed E-state index contributed by atoms with van der Waals surface area (Å²) in [6.07, 6.45) is 2.33. The number of hydrogen-bond donors (Lipinski definition) is 0. The number of anilines is 2. The highest BCUT2D eigenvalue weighted by atomic mass is 15.2. The monoisotopic (exact) mass is 1170 g/mol. The Balaban J connectivity index is 0.904. The van der Waals surface area contributed by atoms with Crippen molar-refractivity contribution in [3.63, 3.8) is 0 Å². The summed E-state index contributed by atoms with van der Waals surface area (Å²) >= 11 is 0. The van der Waals surface area contributed by atoms with Crippen LogP contribution in [0.4, 0.5) is 22.7 Å². The number of aromatic nitrogens is 4. The third kappa shape index (κ3) is 7.34. The van der Waals surface area contributed by atoms with E-state index in [2.05, 4.69) is 349 Å². The average Bonchev–Trinajstić information content (AvgIpc) is 1.71. The molecule has 0 saturated heterocycles. The van der Waals surface area contributed by atoms with Gasteiger partial charge in [0.25, 0.3) is 0 Å². The molecule has 0 radical (unpaired) electrons. The maximum Gasteiger partial charge on any atom is 0.235 e. The Kier molecular flexibility index (Phi) is 10.8. The van der Waals surface area contributed by atoms with Crippen LogP contribution in [0.2, 0.25) is 0 Å². The Hall–Kier alpha value is -12.3. The van der Waals surface area contributed by atoms with Crippen molar-refractivity contribution in [3.05, 3.63) is 357 Å². The molecule has 0 unspecified atom stereocenters. The number of para-hydroxylation sites is 8. The van der Waals surface area contributed by atoms with E-state index in [1.165, 1.54) is 96.5 Å². The van der Waals surface area contributed by atoms with E-state index in [0.717, 1.165) is 78.0 Å². The summed E-state index contributed by atoms with van der Waals surface area (Å²) < 4.78 is 12.3. The standard InChI is InChI=1S/C86H55N6/c1-3-21-55(22-4-1)87-47-48-88(56-23-5-2-6-24-56)86-54-74-64-44-40-58(92-82-38-20-14-32-70(82)76-52-60(42-46-84(76)92)90-79-35-17-11-29-67(79)68-30-12-18-36-80(68)90)50-72(64)71-49-57(39-43-63(71)61-25-7-8-26-62(61)73(74)53-85(86)87)91-81-37-19-13-31-69(81)75-51-59(41-45-83(75)91)89-77-33-15-9-27-65(77)66-28-10-16-34-78(66)89/h1-47,49-54H,48H2/q+1. The van der Waals surface area contributed by atoms with Gasteiger partial charge in [0, 0.05) is 89.7 Å². The van der Waals surface area contributed by atoms with Gasteiger partial charge in [-0.05, 0) is 157 Å². The van der Waals surface area contributed by atoms with Crippen molar-refractivity contribution in [1.82, 2.24) is 22.8 Å². The van der Waals surface area contributed by atoms with Crippen LogP contribution in [0.25, 0.3) is 110 Å². The van der Waals surface area contributed by atoms with Crippen molar-refractivity contribution >= 4 is 116 Å². The second kappa shape index (κ2) is 19.6. The van der Waals surface area contributed by atoms with Crippen molar-refractivity contribution < 1.29 is 0 Å². The fourth-order valence-electron chi connectivity index (χ4n) is 15.8. The molecule has 0 saturated carbocycles. The summed E-state index contributed by atoms with van der Waals surface area (Å²) in [7, 11) is 0. The molecule has 2 aliphatic rings. The lowest BCUT2D eigenvalue weighted by Crippen LogP contribution is -2.29. The van der Waals surface area contributed by atoms with Crippen LogP contribution in [-0.2, 0) is 0 Å². The van der Waals surface area contributed by atoms with Crippen LogP contribution < -0.4 is 9.48 Å². The van der Waals surface area contributed by atoms with Crippen molar-refractivity contribution in [3.8, 4) is 22.7 Å². The largest absolute Gasteiger partial charge is 0.326 e. The van der Waals surface area contributed by atoms with E-state index in [9.17, 15) is 0 Å². The summed E-state index contributed by atoms with van der Waals surface area (Å²) in [6.45, 7) is 0.699. The van der Waals surface area contributed by atoms with E-state index in [4.69, 9.17) is 0 Å². The smallest absolute Gasteiger partial charge is 0.235 e. The Bertz CT molecular complexity index is 6570. The van der Waals surface area contributed by atoms with E-state index in [-0.39, 0.29) is 0 Å². The molecule has 428 valence electrons. The first-order chi connectivity index (χ1) is 45.7. The lowest BCUT2D eigenvalue weighted by Gasteiger charge is -2.27. The number of fused-ring (bicyclic) bond motifs is 17. The van der Waals surface area contributed by atoms with E-state index < -0.39 is 0 Å². The molecule has 18 aromatic rings. The van der Waals surface area contributed by atoms with Gasteiger partial charge >= 0.3 is 0 Å². The van der Waals surface area contributed by atoms with Crippen molar-refractivity contribution in [1.29, 1.82) is 0 Å². The average molecular weight is 1170 g/mol. The maximum absolute atomic E-state index is 2.50. The van der Waals surface area contributed by atoms with E-state index in [1.54, 1.807) is 0 Å². The molecule has 6 heteroatoms. The number of benzene rings is 14. The molecule has 0 bridgehead atoms. The topological polar surface area (TPSA) is 26.0 Å². The van der Waals surface area contributed by atoms with Gasteiger partial charge in [-0.2, -0.15) is 4.58 Å². The van der Waals surface area contributed by atoms with Crippen LogP contribution in [0, 0.1) is 41.7 Å². The van der Waals surface area contributed by atoms with Gasteiger partial charge in [0.15, 0.2) is 6.21 Å². The Morgan fingerprint density at radius 2 is 0.533 bits per heavy atom. The molecular formula is C86H55N6+. The molecular weight excluding hydrogens is 1120 g/mol. The lowest BCUT2D eigenvalue weighted by molar-refractivity contribution is 0.994. The van der Waals surface area contributed by atoms with Crippen LogP contribution >= 0.6 is 0 Å². The van der Waals surface area contributed by atoms with Gasteiger partial charge < -0.3 is 23.2 Å². The summed E-state index contributed by atoms with van der Waals surface area (Å²) in [4.78, 5) is 2.47. The molecule has 4 aromatic heterocycles. The molecule has 92 heavy (non-hydrogen) atoms. The minimum absolute atomic E-state index is 0.699. The fourth-order valence-corrected chi connectivity index (χ4v) is 15.8. The first-order valence-electron chi connectivity index (χ1n) is 31.8. The molecule has 20 rings (SSSR count). The highest BCUT2D eigenvalue weighted by Gasteiger charge is 2.29. The Labute approximate surface area is 527 Å². The predicted molar refractivity (Wildman–Crippen MR) is 381 cm³/mol. The zero-order valence-electron chi connectivity index (χ0n) is 50.0. The summed E-state index contributed by atoms with van der Waals surface area (Å²) in [5, 5.41) is 19.2. The molecule has 5 heterocycles. The molecule has 0 amide bonds. The minimum atomic E-state index is 0.699. The van der Waals surface area contributed by atoms with Gasteiger partial charge in [-0.1, -0.05) is 182 Å². The van der Waals surface area contributed by atoms with Crippen molar-refractivity contribution in [2.24, 2.45) is 0 Å². The summed E-state index contributed by atoms with van der Waals surface area (Å²) in [5.41, 5.74) is 18.4. The zero-order chi connectivity index (χ0) is 60.1. The van der Waals surface area contributed by atoms with Gasteiger partial charge in [0.1, 0.15) is 12.2 Å². The van der Waals surface area contributed by atoms with E-state index >= 15 is 0 Å². The van der Waals surface area contributed by atoms with Gasteiger partial charge in [-0.25, -0.2) is 0 Å². The van der Waals surface area contributed by atoms with E-state index in [0.29, 0.717) is 6.54 Å². The highest BCUT2D eigenvalue weighted by molar-refractivity contribution is 6.14. The SMILES string of the molecule is C1=[N+](c2ccccc2)c2cc3c(cc2N(c2ccccc2)C1)=c1ccc(-n2c4ccccc4c4cc(-n5c6ccccc6c6ccccc65)ccc42)cc1=c1cc(-n2c4ccccc4c4cc(-n5c6ccccc6c6ccccc65)ccc42)ccc1=c1ccccc1=3. The third-order valence-electron chi connectivity index (χ3n) is 19.8. The molecule has 0 spiro atoms. The van der Waals surface area contributed by atoms with E-state index in [1.807, 2.05) is 0 Å². The molecule has 6 nitrogen and oxygen atoms in total. The second-order valence-electron chi connectivity index (χ2n) is 24.6. The maximum atomic E-state index is 2.50. The Morgan fingerprint density at radius 1 is 0.217 bits per heavy atom. The first-order valence-corrected chi connectivity index (χ1v) is 31.8. The van der Waals surface area contributed by atoms with Gasteiger partial charge in [0.2, 0.25) is 11.4 Å². The van der Waals surface area contributed by atoms with Crippen molar-refractivity contribution in [2.75, 3.05) is 11.4 Å². The molecule has 0 atom stereocenters. The molecule has 1 aliphatic carbocycles.